The molecule has 6 nitrogen and oxygen atoms in total. The summed E-state index contributed by atoms with van der Waals surface area (Å²) in [5.74, 6) is -0.240. The van der Waals surface area contributed by atoms with E-state index < -0.39 is 10.0 Å². The van der Waals surface area contributed by atoms with Crippen LogP contribution in [-0.4, -0.2) is 32.8 Å². The highest BCUT2D eigenvalue weighted by atomic mass is 79.9. The Balaban J connectivity index is 1.97. The lowest BCUT2D eigenvalue weighted by Gasteiger charge is -2.17. The molecule has 0 atom stereocenters. The van der Waals surface area contributed by atoms with Crippen LogP contribution in [0.5, 0.6) is 0 Å². The molecule has 0 aromatic heterocycles. The van der Waals surface area contributed by atoms with Crippen molar-refractivity contribution in [1.82, 2.24) is 4.90 Å². The monoisotopic (exact) mass is 411 g/mol. The van der Waals surface area contributed by atoms with Gasteiger partial charge >= 0.3 is 0 Å². The predicted octanol–water partition coefficient (Wildman–Crippen LogP) is 2.17. The van der Waals surface area contributed by atoms with Gasteiger partial charge < -0.3 is 5.32 Å². The van der Waals surface area contributed by atoms with Gasteiger partial charge in [-0.1, -0.05) is 40.2 Å². The lowest BCUT2D eigenvalue weighted by molar-refractivity contribution is -0.117. The van der Waals surface area contributed by atoms with Gasteiger partial charge in [-0.3, -0.25) is 9.69 Å². The second-order valence-corrected chi connectivity index (χ2v) is 7.80. The van der Waals surface area contributed by atoms with E-state index in [2.05, 4.69) is 21.2 Å². The van der Waals surface area contributed by atoms with E-state index in [0.29, 0.717) is 12.2 Å². The third-order valence-electron chi connectivity index (χ3n) is 3.26. The number of nitrogens with two attached hydrogens (primary N) is 1. The molecule has 24 heavy (non-hydrogen) atoms. The highest BCUT2D eigenvalue weighted by Gasteiger charge is 2.11. The summed E-state index contributed by atoms with van der Waals surface area (Å²) in [6, 6.07) is 13.6. The number of sulfonamides is 1. The zero-order chi connectivity index (χ0) is 17.7. The van der Waals surface area contributed by atoms with Gasteiger partial charge in [0.15, 0.2) is 0 Å². The molecule has 3 N–H and O–H groups in total. The van der Waals surface area contributed by atoms with Crippen molar-refractivity contribution in [3.8, 4) is 0 Å². The smallest absolute Gasteiger partial charge is 0.238 e. The number of nitrogens with zero attached hydrogens (tertiary/aromatic N) is 1. The number of amides is 1. The summed E-state index contributed by atoms with van der Waals surface area (Å²) in [5, 5.41) is 7.76. The van der Waals surface area contributed by atoms with E-state index in [1.165, 1.54) is 18.2 Å². The fraction of sp³-hybridized carbons (Fsp3) is 0.188. The SMILES string of the molecule is CN(CC(=O)Nc1cccc(S(N)(=O)=O)c1)Cc1ccccc1Br. The zero-order valence-electron chi connectivity index (χ0n) is 13.1. The van der Waals surface area contributed by atoms with Crippen LogP contribution in [-0.2, 0) is 21.4 Å². The minimum absolute atomic E-state index is 0.0399. The average Bonchev–Trinajstić information content (AvgIpc) is 2.49. The number of likely N-dealkylation sites (N-methyl/N-ethyl adjacent to an activating group) is 1. The Labute approximate surface area is 149 Å². The Morgan fingerprint density at radius 3 is 2.58 bits per heavy atom. The Kier molecular flexibility index (Phi) is 6.11. The molecule has 0 aliphatic heterocycles. The van der Waals surface area contributed by atoms with E-state index in [1.807, 2.05) is 36.2 Å². The topological polar surface area (TPSA) is 92.5 Å². The molecule has 0 saturated carbocycles. The average molecular weight is 412 g/mol. The maximum absolute atomic E-state index is 12.1. The molecule has 1 amide bonds. The Hall–Kier alpha value is -1.74. The van der Waals surface area contributed by atoms with Crippen LogP contribution in [0.2, 0.25) is 0 Å². The molecule has 0 radical (unpaired) electrons. The van der Waals surface area contributed by atoms with Crippen LogP contribution in [0.3, 0.4) is 0 Å². The fourth-order valence-corrected chi connectivity index (χ4v) is 3.14. The molecule has 0 aliphatic carbocycles. The predicted molar refractivity (Wildman–Crippen MR) is 96.9 cm³/mol. The highest BCUT2D eigenvalue weighted by Crippen LogP contribution is 2.17. The van der Waals surface area contributed by atoms with Gasteiger partial charge in [0.1, 0.15) is 0 Å². The van der Waals surface area contributed by atoms with Gasteiger partial charge in [-0.25, -0.2) is 13.6 Å². The maximum atomic E-state index is 12.1. The molecule has 0 heterocycles. The molecular weight excluding hydrogens is 394 g/mol. The summed E-state index contributed by atoms with van der Waals surface area (Å²) >= 11 is 3.48. The molecule has 2 aromatic carbocycles. The van der Waals surface area contributed by atoms with Crippen LogP contribution in [0.25, 0.3) is 0 Å². The standard InChI is InChI=1S/C16H18BrN3O3S/c1-20(10-12-5-2-3-8-15(12)17)11-16(21)19-13-6-4-7-14(9-13)24(18,22)23/h2-9H,10-11H2,1H3,(H,19,21)(H2,18,22,23). The van der Waals surface area contributed by atoms with Crippen molar-refractivity contribution >= 4 is 37.5 Å². The number of hydrogen-bond acceptors (Lipinski definition) is 4. The van der Waals surface area contributed by atoms with Crippen LogP contribution in [0.1, 0.15) is 5.56 Å². The molecule has 2 rings (SSSR count). The number of anilines is 1. The lowest BCUT2D eigenvalue weighted by Crippen LogP contribution is -2.30. The van der Waals surface area contributed by atoms with E-state index in [-0.39, 0.29) is 17.3 Å². The number of rotatable bonds is 6. The molecule has 0 spiro atoms. The summed E-state index contributed by atoms with van der Waals surface area (Å²) in [7, 11) is -1.96. The van der Waals surface area contributed by atoms with Crippen molar-refractivity contribution < 1.29 is 13.2 Å². The Morgan fingerprint density at radius 1 is 1.21 bits per heavy atom. The quantitative estimate of drug-likeness (QED) is 0.761. The number of primary sulfonamides is 1. The normalized spacial score (nSPS) is 11.5. The molecule has 2 aromatic rings. The van der Waals surface area contributed by atoms with Crippen molar-refractivity contribution in [3.05, 3.63) is 58.6 Å². The molecular formula is C16H18BrN3O3S. The number of carbonyl (C=O) groups is 1. The van der Waals surface area contributed by atoms with Crippen molar-refractivity contribution in [2.45, 2.75) is 11.4 Å². The highest BCUT2D eigenvalue weighted by molar-refractivity contribution is 9.10. The summed E-state index contributed by atoms with van der Waals surface area (Å²) in [4.78, 5) is 13.9. The molecule has 128 valence electrons. The van der Waals surface area contributed by atoms with Crippen molar-refractivity contribution in [1.29, 1.82) is 0 Å². The molecule has 0 saturated heterocycles. The third-order valence-corrected chi connectivity index (χ3v) is 4.94. The second kappa shape index (κ2) is 7.89. The van der Waals surface area contributed by atoms with E-state index in [9.17, 15) is 13.2 Å². The minimum Gasteiger partial charge on any atom is -0.325 e. The van der Waals surface area contributed by atoms with Crippen LogP contribution in [0, 0.1) is 0 Å². The van der Waals surface area contributed by atoms with E-state index >= 15 is 0 Å². The molecule has 0 aliphatic rings. The van der Waals surface area contributed by atoms with Crippen molar-refractivity contribution in [2.24, 2.45) is 5.14 Å². The number of carbonyl (C=O) groups excluding carboxylic acids is 1. The molecule has 0 unspecified atom stereocenters. The van der Waals surface area contributed by atoms with Crippen molar-refractivity contribution in [3.63, 3.8) is 0 Å². The van der Waals surface area contributed by atoms with Gasteiger partial charge in [0, 0.05) is 16.7 Å². The number of hydrogen-bond donors (Lipinski definition) is 2. The number of nitrogens with one attached hydrogen (secondary N) is 1. The first kappa shape index (κ1) is 18.6. The minimum atomic E-state index is -3.80. The van der Waals surface area contributed by atoms with Gasteiger partial charge in [-0.05, 0) is 36.9 Å². The summed E-state index contributed by atoms with van der Waals surface area (Å²) in [6.45, 7) is 0.771. The van der Waals surface area contributed by atoms with E-state index in [1.54, 1.807) is 6.07 Å². The van der Waals surface area contributed by atoms with Crippen LogP contribution >= 0.6 is 15.9 Å². The number of benzene rings is 2. The summed E-state index contributed by atoms with van der Waals surface area (Å²) < 4.78 is 23.7. The number of halogens is 1. The fourth-order valence-electron chi connectivity index (χ4n) is 2.17. The Morgan fingerprint density at radius 2 is 1.92 bits per heavy atom. The van der Waals surface area contributed by atoms with Gasteiger partial charge in [0.25, 0.3) is 0 Å². The third kappa shape index (κ3) is 5.41. The first-order valence-corrected chi connectivity index (χ1v) is 9.44. The Bertz CT molecular complexity index is 840. The lowest BCUT2D eigenvalue weighted by atomic mass is 10.2. The maximum Gasteiger partial charge on any atom is 0.238 e. The van der Waals surface area contributed by atoms with Gasteiger partial charge in [0.2, 0.25) is 15.9 Å². The zero-order valence-corrected chi connectivity index (χ0v) is 15.5. The van der Waals surface area contributed by atoms with Gasteiger partial charge in [0.05, 0.1) is 11.4 Å². The van der Waals surface area contributed by atoms with Crippen LogP contribution < -0.4 is 10.5 Å². The summed E-state index contributed by atoms with van der Waals surface area (Å²) in [5.41, 5.74) is 1.46. The van der Waals surface area contributed by atoms with E-state index in [4.69, 9.17) is 5.14 Å². The van der Waals surface area contributed by atoms with E-state index in [0.717, 1.165) is 10.0 Å². The van der Waals surface area contributed by atoms with Crippen molar-refractivity contribution in [2.75, 3.05) is 18.9 Å². The summed E-state index contributed by atoms with van der Waals surface area (Å²) in [6.07, 6.45) is 0. The second-order valence-electron chi connectivity index (χ2n) is 5.38. The molecule has 8 heteroatoms. The first-order valence-electron chi connectivity index (χ1n) is 7.10. The first-order chi connectivity index (χ1) is 11.3. The van der Waals surface area contributed by atoms with Crippen LogP contribution in [0.15, 0.2) is 57.9 Å². The largest absolute Gasteiger partial charge is 0.325 e. The van der Waals surface area contributed by atoms with Gasteiger partial charge in [-0.15, -0.1) is 0 Å². The van der Waals surface area contributed by atoms with Gasteiger partial charge in [-0.2, -0.15) is 0 Å². The van der Waals surface area contributed by atoms with Crippen LogP contribution in [0.4, 0.5) is 5.69 Å². The molecule has 0 fully saturated rings. The molecule has 0 bridgehead atoms.